The summed E-state index contributed by atoms with van der Waals surface area (Å²) in [5, 5.41) is 13.4. The molecule has 0 saturated heterocycles. The van der Waals surface area contributed by atoms with Crippen LogP contribution in [0.1, 0.15) is 41.5 Å². The molecule has 0 aromatic rings. The Bertz CT molecular complexity index is 487. The Labute approximate surface area is 146 Å². The van der Waals surface area contributed by atoms with Crippen LogP contribution in [0.25, 0.3) is 0 Å². The van der Waals surface area contributed by atoms with Crippen molar-refractivity contribution < 1.29 is 29.0 Å². The lowest BCUT2D eigenvalue weighted by molar-refractivity contribution is -0.140. The number of ether oxygens (including phenoxy) is 1. The molecular weight excluding hydrogens is 336 g/mol. The number of carbonyl (C=O) groups is 4. The molecule has 0 bridgehead atoms. The normalized spacial score (nSPS) is 13.8. The van der Waals surface area contributed by atoms with E-state index in [1.54, 1.807) is 34.6 Å². The highest BCUT2D eigenvalue weighted by molar-refractivity contribution is 8.13. The minimum Gasteiger partial charge on any atom is -0.480 e. The number of amides is 2. The zero-order chi connectivity index (χ0) is 19.1. The van der Waals surface area contributed by atoms with Crippen molar-refractivity contribution in [2.45, 2.75) is 59.2 Å². The van der Waals surface area contributed by atoms with Crippen LogP contribution in [-0.2, 0) is 19.1 Å². The number of rotatable bonds is 7. The van der Waals surface area contributed by atoms with Gasteiger partial charge in [0.2, 0.25) is 11.0 Å². The summed E-state index contributed by atoms with van der Waals surface area (Å²) in [6, 6.07) is -2.00. The van der Waals surface area contributed by atoms with Crippen molar-refractivity contribution in [3.63, 3.8) is 0 Å². The van der Waals surface area contributed by atoms with Gasteiger partial charge in [0.15, 0.2) is 0 Å². The van der Waals surface area contributed by atoms with Gasteiger partial charge in [-0.05, 0) is 26.7 Å². The molecule has 0 radical (unpaired) electrons. The predicted octanol–water partition coefficient (Wildman–Crippen LogP) is 1.38. The number of hydrogen-bond acceptors (Lipinski definition) is 6. The van der Waals surface area contributed by atoms with Crippen molar-refractivity contribution in [2.75, 3.05) is 5.75 Å². The van der Waals surface area contributed by atoms with Crippen molar-refractivity contribution >= 4 is 34.8 Å². The van der Waals surface area contributed by atoms with E-state index in [9.17, 15) is 19.2 Å². The molecule has 0 aliphatic carbocycles. The van der Waals surface area contributed by atoms with Gasteiger partial charge < -0.3 is 20.5 Å². The predicted molar refractivity (Wildman–Crippen MR) is 90.7 cm³/mol. The highest BCUT2D eigenvalue weighted by Crippen LogP contribution is 2.15. The summed E-state index contributed by atoms with van der Waals surface area (Å²) in [6.45, 7) is 9.82. The molecule has 0 aliphatic rings. The zero-order valence-electron chi connectivity index (χ0n) is 14.8. The van der Waals surface area contributed by atoms with Crippen molar-refractivity contribution in [1.29, 1.82) is 0 Å². The van der Waals surface area contributed by atoms with E-state index < -0.39 is 40.8 Å². The molecule has 0 saturated carbocycles. The highest BCUT2D eigenvalue weighted by Gasteiger charge is 2.29. The van der Waals surface area contributed by atoms with E-state index in [-0.39, 0.29) is 11.7 Å². The van der Waals surface area contributed by atoms with Crippen LogP contribution < -0.4 is 10.6 Å². The molecule has 9 heteroatoms. The second kappa shape index (κ2) is 9.51. The average molecular weight is 362 g/mol. The minimum absolute atomic E-state index is 0.132. The molecule has 24 heavy (non-hydrogen) atoms. The van der Waals surface area contributed by atoms with E-state index >= 15 is 0 Å². The molecule has 0 rings (SSSR count). The molecule has 0 aliphatic heterocycles. The molecule has 2 amide bonds. The number of thioether (sulfide) groups is 1. The van der Waals surface area contributed by atoms with Crippen LogP contribution in [0.2, 0.25) is 0 Å². The minimum atomic E-state index is -1.23. The largest absolute Gasteiger partial charge is 0.480 e. The van der Waals surface area contributed by atoms with Crippen molar-refractivity contribution in [3.05, 3.63) is 0 Å². The van der Waals surface area contributed by atoms with E-state index in [1.807, 2.05) is 0 Å². The lowest BCUT2D eigenvalue weighted by Crippen LogP contribution is -2.46. The van der Waals surface area contributed by atoms with E-state index in [0.717, 1.165) is 11.8 Å². The Hall–Kier alpha value is -1.77. The fourth-order valence-corrected chi connectivity index (χ4v) is 2.68. The van der Waals surface area contributed by atoms with Crippen molar-refractivity contribution in [2.24, 2.45) is 5.92 Å². The standard InChI is InChI=1S/C15H26N2O6S/c1-8(2)11(17-14(22)23-15(4,5)6)13(21)24-7-10(12(19)20)16-9(3)18/h8,10-11H,7H2,1-6H3,(H,16,18)(H,17,22)(H,19,20)/t10-,11-/m0/s1. The summed E-state index contributed by atoms with van der Waals surface area (Å²) < 4.78 is 5.12. The summed E-state index contributed by atoms with van der Waals surface area (Å²) in [6.07, 6.45) is -0.716. The molecule has 0 heterocycles. The maximum Gasteiger partial charge on any atom is 0.408 e. The number of carbonyl (C=O) groups excluding carboxylic acids is 3. The summed E-state index contributed by atoms with van der Waals surface area (Å²) in [7, 11) is 0. The van der Waals surface area contributed by atoms with Gasteiger partial charge in [-0.2, -0.15) is 0 Å². The third-order valence-electron chi connectivity index (χ3n) is 2.66. The third-order valence-corrected chi connectivity index (χ3v) is 3.70. The monoisotopic (exact) mass is 362 g/mol. The Morgan fingerprint density at radius 1 is 1.12 bits per heavy atom. The van der Waals surface area contributed by atoms with Gasteiger partial charge in [-0.25, -0.2) is 9.59 Å². The molecule has 0 unspecified atom stereocenters. The van der Waals surface area contributed by atoms with Crippen LogP contribution in [0.5, 0.6) is 0 Å². The number of carboxylic acids is 1. The molecule has 0 aromatic carbocycles. The van der Waals surface area contributed by atoms with Gasteiger partial charge in [0.25, 0.3) is 0 Å². The van der Waals surface area contributed by atoms with Crippen LogP contribution in [0.4, 0.5) is 4.79 Å². The quantitative estimate of drug-likeness (QED) is 0.625. The van der Waals surface area contributed by atoms with E-state index in [0.29, 0.717) is 0 Å². The maximum absolute atomic E-state index is 12.3. The fraction of sp³-hybridized carbons (Fsp3) is 0.733. The number of aliphatic carboxylic acids is 1. The summed E-state index contributed by atoms with van der Waals surface area (Å²) in [4.78, 5) is 46.1. The fourth-order valence-electron chi connectivity index (χ4n) is 1.61. The molecule has 0 fully saturated rings. The first-order chi connectivity index (χ1) is 10.8. The second-order valence-electron chi connectivity index (χ2n) is 6.59. The van der Waals surface area contributed by atoms with Gasteiger partial charge in [-0.1, -0.05) is 25.6 Å². The second-order valence-corrected chi connectivity index (χ2v) is 7.61. The molecule has 0 spiro atoms. The van der Waals surface area contributed by atoms with Gasteiger partial charge in [-0.15, -0.1) is 0 Å². The van der Waals surface area contributed by atoms with Crippen LogP contribution in [0.15, 0.2) is 0 Å². The number of carboxylic acid groups (broad SMARTS) is 1. The molecule has 0 aromatic heterocycles. The molecule has 8 nitrogen and oxygen atoms in total. The topological polar surface area (TPSA) is 122 Å². The Morgan fingerprint density at radius 3 is 2.04 bits per heavy atom. The van der Waals surface area contributed by atoms with Crippen LogP contribution in [-0.4, -0.2) is 51.6 Å². The van der Waals surface area contributed by atoms with Crippen LogP contribution >= 0.6 is 11.8 Å². The number of hydrogen-bond donors (Lipinski definition) is 3. The Kier molecular flexibility index (Phi) is 8.81. The molecule has 138 valence electrons. The van der Waals surface area contributed by atoms with E-state index in [4.69, 9.17) is 9.84 Å². The van der Waals surface area contributed by atoms with Gasteiger partial charge in [0, 0.05) is 12.7 Å². The lowest BCUT2D eigenvalue weighted by atomic mass is 10.1. The smallest absolute Gasteiger partial charge is 0.408 e. The van der Waals surface area contributed by atoms with Gasteiger partial charge in [0.05, 0.1) is 0 Å². The first-order valence-electron chi connectivity index (χ1n) is 7.49. The average Bonchev–Trinajstić information content (AvgIpc) is 2.37. The van der Waals surface area contributed by atoms with Crippen molar-refractivity contribution in [3.8, 4) is 0 Å². The first-order valence-corrected chi connectivity index (χ1v) is 8.48. The highest BCUT2D eigenvalue weighted by atomic mass is 32.2. The van der Waals surface area contributed by atoms with E-state index in [2.05, 4.69) is 10.6 Å². The van der Waals surface area contributed by atoms with Crippen LogP contribution in [0, 0.1) is 5.92 Å². The van der Waals surface area contributed by atoms with Crippen LogP contribution in [0.3, 0.4) is 0 Å². The Morgan fingerprint density at radius 2 is 1.67 bits per heavy atom. The molecule has 2 atom stereocenters. The SMILES string of the molecule is CC(=O)N[C@@H](CSC(=O)[C@@H](NC(=O)OC(C)(C)C)C(C)C)C(=O)O. The molecule has 3 N–H and O–H groups in total. The van der Waals surface area contributed by atoms with Gasteiger partial charge >= 0.3 is 12.1 Å². The van der Waals surface area contributed by atoms with E-state index in [1.165, 1.54) is 6.92 Å². The summed E-state index contributed by atoms with van der Waals surface area (Å²) >= 11 is 0.746. The Balaban J connectivity index is 4.77. The summed E-state index contributed by atoms with van der Waals surface area (Å²) in [5.74, 6) is -2.07. The number of alkyl carbamates (subject to hydrolysis) is 1. The summed E-state index contributed by atoms with van der Waals surface area (Å²) in [5.41, 5.74) is -0.693. The maximum atomic E-state index is 12.3. The molecular formula is C15H26N2O6S. The van der Waals surface area contributed by atoms with Gasteiger partial charge in [0.1, 0.15) is 17.7 Å². The lowest BCUT2D eigenvalue weighted by Gasteiger charge is -2.25. The van der Waals surface area contributed by atoms with Gasteiger partial charge in [-0.3, -0.25) is 9.59 Å². The first kappa shape index (κ1) is 22.2. The third kappa shape index (κ3) is 9.39. The zero-order valence-corrected chi connectivity index (χ0v) is 15.7. The van der Waals surface area contributed by atoms with Crippen molar-refractivity contribution in [1.82, 2.24) is 10.6 Å². The number of nitrogens with one attached hydrogen (secondary N) is 2.